The number of aromatic amines is 1. The number of halogens is 3. The number of anilines is 1. The number of benzene rings is 1. The van der Waals surface area contributed by atoms with Crippen molar-refractivity contribution in [3.05, 3.63) is 41.3 Å². The van der Waals surface area contributed by atoms with Gasteiger partial charge >= 0.3 is 5.97 Å². The number of aromatic nitrogens is 2. The van der Waals surface area contributed by atoms with Gasteiger partial charge in [-0.15, -0.1) is 0 Å². The molecule has 1 heterocycles. The van der Waals surface area contributed by atoms with Crippen LogP contribution in [0.3, 0.4) is 0 Å². The summed E-state index contributed by atoms with van der Waals surface area (Å²) >= 11 is 0. The van der Waals surface area contributed by atoms with Gasteiger partial charge in [-0.2, -0.15) is 13.5 Å². The van der Waals surface area contributed by atoms with E-state index >= 15 is 0 Å². The predicted molar refractivity (Wildman–Crippen MR) is 62.7 cm³/mol. The smallest absolute Gasteiger partial charge is 0.340 e. The number of hydrogen-bond acceptors (Lipinski definition) is 4. The lowest BCUT2D eigenvalue weighted by atomic mass is 10.3. The van der Waals surface area contributed by atoms with Crippen LogP contribution in [-0.4, -0.2) is 29.7 Å². The molecule has 3 N–H and O–H groups in total. The number of rotatable bonds is 4. The molecule has 0 fully saturated rings. The van der Waals surface area contributed by atoms with E-state index in [1.54, 1.807) is 4.72 Å². The van der Waals surface area contributed by atoms with Crippen LogP contribution in [0.25, 0.3) is 0 Å². The minimum Gasteiger partial charge on any atom is -0.478 e. The van der Waals surface area contributed by atoms with Gasteiger partial charge in [-0.25, -0.2) is 18.0 Å². The minimum absolute atomic E-state index is 0.515. The Bertz CT molecular complexity index is 819. The molecule has 1 aromatic heterocycles. The molecule has 11 heteroatoms. The highest BCUT2D eigenvalue weighted by Crippen LogP contribution is 2.23. The van der Waals surface area contributed by atoms with Crippen molar-refractivity contribution in [1.29, 1.82) is 0 Å². The van der Waals surface area contributed by atoms with Crippen molar-refractivity contribution in [1.82, 2.24) is 10.2 Å². The zero-order valence-corrected chi connectivity index (χ0v) is 10.7. The lowest BCUT2D eigenvalue weighted by Crippen LogP contribution is -2.18. The second-order valence-corrected chi connectivity index (χ2v) is 5.37. The molecule has 0 spiro atoms. The average molecular weight is 321 g/mol. The summed E-state index contributed by atoms with van der Waals surface area (Å²) in [6.45, 7) is 0. The van der Waals surface area contributed by atoms with Gasteiger partial charge in [-0.3, -0.25) is 9.82 Å². The molecule has 0 atom stereocenters. The Kier molecular flexibility index (Phi) is 3.60. The highest BCUT2D eigenvalue weighted by molar-refractivity contribution is 7.92. The monoisotopic (exact) mass is 321 g/mol. The molecule has 0 amide bonds. The van der Waals surface area contributed by atoms with Crippen LogP contribution in [0.15, 0.2) is 23.4 Å². The normalized spacial score (nSPS) is 11.4. The summed E-state index contributed by atoms with van der Waals surface area (Å²) in [6, 6.07) is 1.17. The van der Waals surface area contributed by atoms with E-state index in [2.05, 4.69) is 5.10 Å². The summed E-state index contributed by atoms with van der Waals surface area (Å²) in [5.41, 5.74) is -1.56. The molecule has 0 unspecified atom stereocenters. The molecule has 0 aliphatic rings. The van der Waals surface area contributed by atoms with Crippen LogP contribution in [0.1, 0.15) is 10.4 Å². The summed E-state index contributed by atoms with van der Waals surface area (Å²) in [5, 5.41) is 13.1. The fraction of sp³-hybridized carbons (Fsp3) is 0. The molecule has 0 bridgehead atoms. The van der Waals surface area contributed by atoms with Gasteiger partial charge in [-0.1, -0.05) is 0 Å². The van der Waals surface area contributed by atoms with Crippen LogP contribution < -0.4 is 4.72 Å². The molecular formula is C10H6F3N3O4S. The third-order valence-electron chi connectivity index (χ3n) is 2.38. The summed E-state index contributed by atoms with van der Waals surface area (Å²) in [6.07, 6.45) is 0.735. The molecule has 0 saturated heterocycles. The van der Waals surface area contributed by atoms with Gasteiger partial charge in [0.2, 0.25) is 0 Å². The molecule has 0 radical (unpaired) electrons. The number of carbonyl (C=O) groups is 1. The highest BCUT2D eigenvalue weighted by atomic mass is 32.2. The first kappa shape index (κ1) is 14.8. The second kappa shape index (κ2) is 5.09. The number of aromatic carboxylic acids is 1. The molecule has 112 valence electrons. The molecule has 21 heavy (non-hydrogen) atoms. The highest BCUT2D eigenvalue weighted by Gasteiger charge is 2.26. The Labute approximate surface area is 115 Å². The zero-order valence-electron chi connectivity index (χ0n) is 9.89. The van der Waals surface area contributed by atoms with Gasteiger partial charge < -0.3 is 5.11 Å². The molecule has 2 aromatic rings. The predicted octanol–water partition coefficient (Wildman–Crippen LogP) is 1.33. The van der Waals surface area contributed by atoms with Crippen molar-refractivity contribution in [2.45, 2.75) is 5.03 Å². The topological polar surface area (TPSA) is 112 Å². The Morgan fingerprint density at radius 2 is 1.90 bits per heavy atom. The number of nitrogens with zero attached hydrogens (tertiary/aromatic N) is 1. The third-order valence-corrected chi connectivity index (χ3v) is 3.72. The first-order chi connectivity index (χ1) is 9.74. The van der Waals surface area contributed by atoms with Crippen LogP contribution in [0.2, 0.25) is 0 Å². The van der Waals surface area contributed by atoms with Crippen LogP contribution in [0.4, 0.5) is 18.9 Å². The van der Waals surface area contributed by atoms with Crippen molar-refractivity contribution in [3.8, 4) is 0 Å². The fourth-order valence-electron chi connectivity index (χ4n) is 1.43. The largest absolute Gasteiger partial charge is 0.478 e. The fourth-order valence-corrected chi connectivity index (χ4v) is 2.58. The Morgan fingerprint density at radius 3 is 2.52 bits per heavy atom. The van der Waals surface area contributed by atoms with E-state index in [9.17, 15) is 26.4 Å². The molecule has 7 nitrogen and oxygen atoms in total. The van der Waals surface area contributed by atoms with Crippen LogP contribution in [0, 0.1) is 17.5 Å². The van der Waals surface area contributed by atoms with Crippen molar-refractivity contribution in [2.24, 2.45) is 0 Å². The zero-order chi connectivity index (χ0) is 15.8. The van der Waals surface area contributed by atoms with Gasteiger partial charge in [0.1, 0.15) is 5.56 Å². The van der Waals surface area contributed by atoms with Gasteiger partial charge in [0.25, 0.3) is 10.0 Å². The van der Waals surface area contributed by atoms with E-state index in [-0.39, 0.29) is 0 Å². The Balaban J connectivity index is 2.45. The number of H-pyrrole nitrogens is 1. The Morgan fingerprint density at radius 1 is 1.24 bits per heavy atom. The summed E-state index contributed by atoms with van der Waals surface area (Å²) in [4.78, 5) is 10.8. The lowest BCUT2D eigenvalue weighted by molar-refractivity contribution is 0.0692. The van der Waals surface area contributed by atoms with Crippen molar-refractivity contribution in [2.75, 3.05) is 4.72 Å². The Hall–Kier alpha value is -2.56. The van der Waals surface area contributed by atoms with Crippen LogP contribution >= 0.6 is 0 Å². The quantitative estimate of drug-likeness (QED) is 0.735. The first-order valence-electron chi connectivity index (χ1n) is 5.17. The lowest BCUT2D eigenvalue weighted by Gasteiger charge is -2.08. The van der Waals surface area contributed by atoms with E-state index in [0.717, 1.165) is 6.20 Å². The molecule has 2 rings (SSSR count). The van der Waals surface area contributed by atoms with Gasteiger partial charge in [0.15, 0.2) is 22.5 Å². The van der Waals surface area contributed by atoms with E-state index in [0.29, 0.717) is 12.1 Å². The minimum atomic E-state index is -4.58. The summed E-state index contributed by atoms with van der Waals surface area (Å²) in [5.74, 6) is -6.70. The van der Waals surface area contributed by atoms with Crippen molar-refractivity contribution < 1.29 is 31.5 Å². The van der Waals surface area contributed by atoms with Crippen LogP contribution in [-0.2, 0) is 10.0 Å². The standard InChI is InChI=1S/C10H6F3N3O4S/c11-5-1-2-6(8(13)7(5)12)16-21(19,20)9-4(10(17)18)3-14-15-9/h1-3,16H,(H,14,15)(H,17,18). The van der Waals surface area contributed by atoms with E-state index in [4.69, 9.17) is 5.11 Å². The van der Waals surface area contributed by atoms with Gasteiger partial charge in [-0.05, 0) is 12.1 Å². The van der Waals surface area contributed by atoms with Crippen molar-refractivity contribution >= 4 is 21.7 Å². The maximum absolute atomic E-state index is 13.4. The first-order valence-corrected chi connectivity index (χ1v) is 6.65. The van der Waals surface area contributed by atoms with Crippen LogP contribution in [0.5, 0.6) is 0 Å². The number of nitrogens with one attached hydrogen (secondary N) is 2. The third kappa shape index (κ3) is 2.67. The SMILES string of the molecule is O=C(O)c1cn[nH]c1S(=O)(=O)Nc1ccc(F)c(F)c1F. The maximum atomic E-state index is 13.4. The second-order valence-electron chi connectivity index (χ2n) is 3.75. The number of carboxylic acids is 1. The summed E-state index contributed by atoms with van der Waals surface area (Å²) < 4.78 is 64.6. The average Bonchev–Trinajstić information content (AvgIpc) is 2.90. The molecular weight excluding hydrogens is 315 g/mol. The van der Waals surface area contributed by atoms with E-state index < -0.39 is 49.7 Å². The maximum Gasteiger partial charge on any atom is 0.340 e. The number of carboxylic acid groups (broad SMARTS) is 1. The van der Waals surface area contributed by atoms with E-state index in [1.807, 2.05) is 5.10 Å². The molecule has 0 saturated carbocycles. The van der Waals surface area contributed by atoms with E-state index in [1.165, 1.54) is 0 Å². The molecule has 1 aromatic carbocycles. The summed E-state index contributed by atoms with van der Waals surface area (Å²) in [7, 11) is -4.58. The number of hydrogen-bond donors (Lipinski definition) is 3. The van der Waals surface area contributed by atoms with Gasteiger partial charge in [0.05, 0.1) is 11.9 Å². The molecule has 0 aliphatic heterocycles. The molecule has 0 aliphatic carbocycles. The van der Waals surface area contributed by atoms with Crippen molar-refractivity contribution in [3.63, 3.8) is 0 Å². The number of sulfonamides is 1. The van der Waals surface area contributed by atoms with Gasteiger partial charge in [0, 0.05) is 0 Å².